The molecule has 2 rings (SSSR count). The summed E-state index contributed by atoms with van der Waals surface area (Å²) < 4.78 is 12.3. The van der Waals surface area contributed by atoms with Crippen molar-refractivity contribution in [1.29, 1.82) is 0 Å². The van der Waals surface area contributed by atoms with Gasteiger partial charge in [-0.25, -0.2) is 4.68 Å². The van der Waals surface area contributed by atoms with Crippen molar-refractivity contribution in [3.8, 4) is 11.5 Å². The van der Waals surface area contributed by atoms with Crippen LogP contribution in [-0.4, -0.2) is 35.9 Å². The number of carbonyl (C=O) groups is 1. The molecule has 0 saturated carbocycles. The van der Waals surface area contributed by atoms with Crippen LogP contribution in [0, 0.1) is 6.92 Å². The summed E-state index contributed by atoms with van der Waals surface area (Å²) in [6.07, 6.45) is 3.23. The third-order valence-electron chi connectivity index (χ3n) is 3.98. The number of nitrogens with two attached hydrogens (primary N) is 1. The van der Waals surface area contributed by atoms with Crippen LogP contribution in [0.25, 0.3) is 0 Å². The molecule has 1 aromatic carbocycles. The lowest BCUT2D eigenvalue weighted by atomic mass is 10.1. The van der Waals surface area contributed by atoms with E-state index in [0.717, 1.165) is 17.5 Å². The molecule has 0 radical (unpaired) electrons. The molecular weight excluding hydrogens is 356 g/mol. The maximum absolute atomic E-state index is 12.2. The van der Waals surface area contributed by atoms with Crippen molar-refractivity contribution < 1.29 is 14.3 Å². The van der Waals surface area contributed by atoms with Gasteiger partial charge in [-0.2, -0.15) is 5.10 Å². The summed E-state index contributed by atoms with van der Waals surface area (Å²) in [5.74, 6) is 1.78. The zero-order valence-electron chi connectivity index (χ0n) is 15.6. The van der Waals surface area contributed by atoms with E-state index in [4.69, 9.17) is 15.2 Å². The zero-order chi connectivity index (χ0) is 18.4. The lowest BCUT2D eigenvalue weighted by molar-refractivity contribution is -0.117. The van der Waals surface area contributed by atoms with E-state index < -0.39 is 6.04 Å². The molecular formula is C18H27ClN4O3. The summed E-state index contributed by atoms with van der Waals surface area (Å²) in [5, 5.41) is 7.25. The van der Waals surface area contributed by atoms with Gasteiger partial charge in [-0.05, 0) is 31.0 Å². The molecule has 1 amide bonds. The van der Waals surface area contributed by atoms with Crippen molar-refractivity contribution in [2.75, 3.05) is 19.5 Å². The van der Waals surface area contributed by atoms with Crippen molar-refractivity contribution in [2.24, 2.45) is 5.73 Å². The molecule has 1 heterocycles. The van der Waals surface area contributed by atoms with Gasteiger partial charge >= 0.3 is 0 Å². The van der Waals surface area contributed by atoms with Crippen molar-refractivity contribution in [3.05, 3.63) is 35.5 Å². The SMILES string of the molecule is CCCC(N)C(=O)Nc1c(C)cnn1Cc1ccc(OC)c(OC)c1.Cl. The number of amides is 1. The van der Waals surface area contributed by atoms with E-state index in [1.807, 2.05) is 32.0 Å². The van der Waals surface area contributed by atoms with Gasteiger partial charge in [0.25, 0.3) is 0 Å². The number of halogens is 1. The lowest BCUT2D eigenvalue weighted by Gasteiger charge is -2.14. The van der Waals surface area contributed by atoms with Crippen LogP contribution in [0.1, 0.15) is 30.9 Å². The number of carbonyl (C=O) groups excluding carboxylic acids is 1. The first-order valence-electron chi connectivity index (χ1n) is 8.29. The number of anilines is 1. The highest BCUT2D eigenvalue weighted by atomic mass is 35.5. The van der Waals surface area contributed by atoms with Gasteiger partial charge in [0, 0.05) is 5.56 Å². The van der Waals surface area contributed by atoms with Gasteiger partial charge in [0.15, 0.2) is 11.5 Å². The first kappa shape index (κ1) is 21.8. The first-order chi connectivity index (χ1) is 12.0. The molecule has 1 unspecified atom stereocenters. The van der Waals surface area contributed by atoms with Crippen LogP contribution < -0.4 is 20.5 Å². The highest BCUT2D eigenvalue weighted by Gasteiger charge is 2.17. The normalized spacial score (nSPS) is 11.4. The Kier molecular flexibility index (Phi) is 8.41. The van der Waals surface area contributed by atoms with Gasteiger partial charge < -0.3 is 20.5 Å². The number of methoxy groups -OCH3 is 2. The van der Waals surface area contributed by atoms with E-state index in [1.165, 1.54) is 0 Å². The number of aryl methyl sites for hydroxylation is 1. The number of hydrogen-bond donors (Lipinski definition) is 2. The summed E-state index contributed by atoms with van der Waals surface area (Å²) in [4.78, 5) is 12.2. The van der Waals surface area contributed by atoms with Crippen molar-refractivity contribution in [1.82, 2.24) is 9.78 Å². The fraction of sp³-hybridized carbons (Fsp3) is 0.444. The second-order valence-corrected chi connectivity index (χ2v) is 5.91. The quantitative estimate of drug-likeness (QED) is 0.732. The predicted molar refractivity (Wildman–Crippen MR) is 104 cm³/mol. The average Bonchev–Trinajstić information content (AvgIpc) is 2.95. The molecule has 2 aromatic rings. The Morgan fingerprint density at radius 1 is 1.31 bits per heavy atom. The van der Waals surface area contributed by atoms with Gasteiger partial charge in [0.1, 0.15) is 5.82 Å². The van der Waals surface area contributed by atoms with E-state index in [1.54, 1.807) is 25.1 Å². The van der Waals surface area contributed by atoms with Crippen LogP contribution in [0.5, 0.6) is 11.5 Å². The molecule has 0 saturated heterocycles. The first-order valence-corrected chi connectivity index (χ1v) is 8.29. The second-order valence-electron chi connectivity index (χ2n) is 5.91. The Hall–Kier alpha value is -2.25. The molecule has 0 aliphatic rings. The largest absolute Gasteiger partial charge is 0.493 e. The molecule has 3 N–H and O–H groups in total. The molecule has 144 valence electrons. The number of nitrogens with zero attached hydrogens (tertiary/aromatic N) is 2. The van der Waals surface area contributed by atoms with Gasteiger partial charge in [-0.3, -0.25) is 4.79 Å². The van der Waals surface area contributed by atoms with E-state index in [0.29, 0.717) is 30.3 Å². The number of aromatic nitrogens is 2. The molecule has 0 bridgehead atoms. The Morgan fingerprint density at radius 2 is 2.00 bits per heavy atom. The van der Waals surface area contributed by atoms with Crippen molar-refractivity contribution in [3.63, 3.8) is 0 Å². The van der Waals surface area contributed by atoms with Crippen LogP contribution in [0.15, 0.2) is 24.4 Å². The number of nitrogens with one attached hydrogen (secondary N) is 1. The highest BCUT2D eigenvalue weighted by Crippen LogP contribution is 2.28. The van der Waals surface area contributed by atoms with E-state index >= 15 is 0 Å². The van der Waals surface area contributed by atoms with E-state index in [-0.39, 0.29) is 18.3 Å². The number of hydrogen-bond acceptors (Lipinski definition) is 5. The molecule has 0 spiro atoms. The lowest BCUT2D eigenvalue weighted by Crippen LogP contribution is -2.36. The zero-order valence-corrected chi connectivity index (χ0v) is 16.4. The minimum Gasteiger partial charge on any atom is -0.493 e. The third kappa shape index (κ3) is 5.12. The maximum Gasteiger partial charge on any atom is 0.242 e. The molecule has 8 heteroatoms. The summed E-state index contributed by atoms with van der Waals surface area (Å²) in [7, 11) is 3.20. The Bertz CT molecular complexity index is 733. The highest BCUT2D eigenvalue weighted by molar-refractivity contribution is 5.94. The molecule has 7 nitrogen and oxygen atoms in total. The standard InChI is InChI=1S/C18H26N4O3.ClH/c1-5-6-14(19)18(23)21-17-12(2)10-20-22(17)11-13-7-8-15(24-3)16(9-13)25-4;/h7-10,14H,5-6,11,19H2,1-4H3,(H,21,23);1H. The third-order valence-corrected chi connectivity index (χ3v) is 3.98. The Labute approximate surface area is 160 Å². The summed E-state index contributed by atoms with van der Waals surface area (Å²) >= 11 is 0. The fourth-order valence-corrected chi connectivity index (χ4v) is 2.57. The number of benzene rings is 1. The van der Waals surface area contributed by atoms with Crippen LogP contribution >= 0.6 is 12.4 Å². The maximum atomic E-state index is 12.2. The second kappa shape index (κ2) is 10.0. The molecule has 0 aliphatic carbocycles. The number of ether oxygens (including phenoxy) is 2. The van der Waals surface area contributed by atoms with Gasteiger partial charge in [-0.1, -0.05) is 19.4 Å². The van der Waals surface area contributed by atoms with Crippen molar-refractivity contribution in [2.45, 2.75) is 39.3 Å². The average molecular weight is 383 g/mol. The molecule has 26 heavy (non-hydrogen) atoms. The van der Waals surface area contributed by atoms with E-state index in [2.05, 4.69) is 10.4 Å². The number of rotatable bonds is 8. The minimum absolute atomic E-state index is 0. The minimum atomic E-state index is -0.520. The Balaban J connectivity index is 0.00000338. The fourth-order valence-electron chi connectivity index (χ4n) is 2.57. The smallest absolute Gasteiger partial charge is 0.242 e. The topological polar surface area (TPSA) is 91.4 Å². The molecule has 0 aliphatic heterocycles. The van der Waals surface area contributed by atoms with Gasteiger partial charge in [-0.15, -0.1) is 12.4 Å². The van der Waals surface area contributed by atoms with Crippen LogP contribution in [-0.2, 0) is 11.3 Å². The van der Waals surface area contributed by atoms with Gasteiger partial charge in [0.2, 0.25) is 5.91 Å². The van der Waals surface area contributed by atoms with Crippen LogP contribution in [0.3, 0.4) is 0 Å². The summed E-state index contributed by atoms with van der Waals surface area (Å²) in [6, 6.07) is 5.16. The van der Waals surface area contributed by atoms with Crippen LogP contribution in [0.4, 0.5) is 5.82 Å². The van der Waals surface area contributed by atoms with E-state index in [9.17, 15) is 4.79 Å². The Morgan fingerprint density at radius 3 is 2.62 bits per heavy atom. The summed E-state index contributed by atoms with van der Waals surface area (Å²) in [6.45, 7) is 4.39. The monoisotopic (exact) mass is 382 g/mol. The van der Waals surface area contributed by atoms with Crippen molar-refractivity contribution >= 4 is 24.1 Å². The molecule has 0 fully saturated rings. The van der Waals surface area contributed by atoms with Crippen LogP contribution in [0.2, 0.25) is 0 Å². The summed E-state index contributed by atoms with van der Waals surface area (Å²) in [5.41, 5.74) is 7.76. The molecule has 1 atom stereocenters. The molecule has 1 aromatic heterocycles. The predicted octanol–water partition coefficient (Wildman–Crippen LogP) is 2.74. The van der Waals surface area contributed by atoms with Gasteiger partial charge in [0.05, 0.1) is 33.0 Å².